The summed E-state index contributed by atoms with van der Waals surface area (Å²) >= 11 is 1.41. The Bertz CT molecular complexity index is 929. The fraction of sp³-hybridized carbons (Fsp3) is 0.350. The van der Waals surface area contributed by atoms with Gasteiger partial charge in [-0.15, -0.1) is 0 Å². The number of aromatic nitrogens is 3. The van der Waals surface area contributed by atoms with Gasteiger partial charge in [0.25, 0.3) is 0 Å². The summed E-state index contributed by atoms with van der Waals surface area (Å²) in [5.74, 6) is 1.14. The summed E-state index contributed by atoms with van der Waals surface area (Å²) in [7, 11) is 0. The molecule has 1 N–H and O–H groups in total. The Kier molecular flexibility index (Phi) is 5.70. The molecule has 0 saturated heterocycles. The Balaban J connectivity index is 1.79. The number of nitrogens with one attached hydrogen (secondary N) is 1. The van der Waals surface area contributed by atoms with E-state index in [-0.39, 0.29) is 11.4 Å². The highest BCUT2D eigenvalue weighted by atomic mass is 32.2. The van der Waals surface area contributed by atoms with E-state index in [1.54, 1.807) is 10.7 Å². The SMILES string of the molecule is CCOc1ccc(-c2cc3c(SCC(=O)NC(C)(C)C)nccn3n2)cc1. The van der Waals surface area contributed by atoms with Crippen LogP contribution in [0.3, 0.4) is 0 Å². The Morgan fingerprint density at radius 1 is 1.26 bits per heavy atom. The summed E-state index contributed by atoms with van der Waals surface area (Å²) in [5, 5.41) is 8.37. The first kappa shape index (κ1) is 19.2. The van der Waals surface area contributed by atoms with E-state index in [0.717, 1.165) is 27.5 Å². The Morgan fingerprint density at radius 3 is 2.67 bits per heavy atom. The third-order valence-corrected chi connectivity index (χ3v) is 4.66. The lowest BCUT2D eigenvalue weighted by Crippen LogP contribution is -2.41. The van der Waals surface area contributed by atoms with Crippen molar-refractivity contribution in [1.82, 2.24) is 19.9 Å². The lowest BCUT2D eigenvalue weighted by Gasteiger charge is -2.20. The average molecular weight is 385 g/mol. The number of ether oxygens (including phenoxy) is 1. The molecule has 1 aromatic carbocycles. The van der Waals surface area contributed by atoms with E-state index in [1.807, 2.05) is 64.2 Å². The molecule has 2 heterocycles. The van der Waals surface area contributed by atoms with Gasteiger partial charge in [0.1, 0.15) is 10.8 Å². The zero-order valence-electron chi connectivity index (χ0n) is 16.0. The average Bonchev–Trinajstić information content (AvgIpc) is 3.04. The summed E-state index contributed by atoms with van der Waals surface area (Å²) in [6.45, 7) is 8.50. The molecule has 7 heteroatoms. The van der Waals surface area contributed by atoms with Gasteiger partial charge in [0.2, 0.25) is 5.91 Å². The number of thioether (sulfide) groups is 1. The van der Waals surface area contributed by atoms with E-state index in [4.69, 9.17) is 4.74 Å². The van der Waals surface area contributed by atoms with Crippen LogP contribution in [0.4, 0.5) is 0 Å². The molecule has 3 aromatic rings. The quantitative estimate of drug-likeness (QED) is 0.655. The number of nitrogens with zero attached hydrogens (tertiary/aromatic N) is 3. The van der Waals surface area contributed by atoms with Crippen molar-refractivity contribution in [1.29, 1.82) is 0 Å². The van der Waals surface area contributed by atoms with Gasteiger partial charge >= 0.3 is 0 Å². The van der Waals surface area contributed by atoms with Crippen LogP contribution in [0, 0.1) is 0 Å². The molecule has 0 fully saturated rings. The minimum atomic E-state index is -0.242. The van der Waals surface area contributed by atoms with Gasteiger partial charge in [-0.3, -0.25) is 4.79 Å². The van der Waals surface area contributed by atoms with Crippen LogP contribution >= 0.6 is 11.8 Å². The first-order valence-electron chi connectivity index (χ1n) is 8.87. The maximum absolute atomic E-state index is 12.1. The number of hydrogen-bond donors (Lipinski definition) is 1. The highest BCUT2D eigenvalue weighted by Gasteiger charge is 2.15. The number of benzene rings is 1. The number of carbonyl (C=O) groups excluding carboxylic acids is 1. The fourth-order valence-electron chi connectivity index (χ4n) is 2.63. The Labute approximate surface area is 163 Å². The van der Waals surface area contributed by atoms with Gasteiger partial charge in [0.05, 0.1) is 23.6 Å². The molecule has 0 atom stereocenters. The highest BCUT2D eigenvalue weighted by molar-refractivity contribution is 8.00. The van der Waals surface area contributed by atoms with Gasteiger partial charge in [-0.25, -0.2) is 9.50 Å². The largest absolute Gasteiger partial charge is 0.494 e. The monoisotopic (exact) mass is 384 g/mol. The van der Waals surface area contributed by atoms with Crippen LogP contribution in [0.1, 0.15) is 27.7 Å². The molecular formula is C20H24N4O2S. The summed E-state index contributed by atoms with van der Waals surface area (Å²) < 4.78 is 7.28. The minimum Gasteiger partial charge on any atom is -0.494 e. The van der Waals surface area contributed by atoms with Crippen LogP contribution in [-0.4, -0.2) is 38.4 Å². The topological polar surface area (TPSA) is 68.5 Å². The van der Waals surface area contributed by atoms with Gasteiger partial charge < -0.3 is 10.1 Å². The molecule has 2 aromatic heterocycles. The maximum Gasteiger partial charge on any atom is 0.230 e. The van der Waals surface area contributed by atoms with Crippen molar-refractivity contribution in [2.75, 3.05) is 12.4 Å². The van der Waals surface area contributed by atoms with Gasteiger partial charge in [-0.2, -0.15) is 5.10 Å². The number of fused-ring (bicyclic) bond motifs is 1. The molecule has 0 spiro atoms. The number of hydrogen-bond acceptors (Lipinski definition) is 5. The van der Waals surface area contributed by atoms with Crippen molar-refractivity contribution in [3.05, 3.63) is 42.7 Å². The molecule has 0 saturated carbocycles. The van der Waals surface area contributed by atoms with Gasteiger partial charge in [0.15, 0.2) is 0 Å². The van der Waals surface area contributed by atoms with E-state index < -0.39 is 0 Å². The summed E-state index contributed by atoms with van der Waals surface area (Å²) in [6, 6.07) is 9.85. The van der Waals surface area contributed by atoms with E-state index >= 15 is 0 Å². The van der Waals surface area contributed by atoms with Crippen molar-refractivity contribution in [3.63, 3.8) is 0 Å². The number of rotatable bonds is 6. The maximum atomic E-state index is 12.1. The zero-order chi connectivity index (χ0) is 19.4. The van der Waals surface area contributed by atoms with E-state index in [1.165, 1.54) is 11.8 Å². The van der Waals surface area contributed by atoms with Crippen molar-refractivity contribution >= 4 is 23.2 Å². The summed E-state index contributed by atoms with van der Waals surface area (Å²) in [5.41, 5.74) is 2.50. The van der Waals surface area contributed by atoms with Crippen LogP contribution in [0.25, 0.3) is 16.8 Å². The molecule has 3 rings (SSSR count). The summed E-state index contributed by atoms with van der Waals surface area (Å²) in [4.78, 5) is 16.5. The Hall–Kier alpha value is -2.54. The van der Waals surface area contributed by atoms with Crippen molar-refractivity contribution in [2.45, 2.75) is 38.3 Å². The van der Waals surface area contributed by atoms with Crippen LogP contribution in [0.15, 0.2) is 47.8 Å². The van der Waals surface area contributed by atoms with Crippen molar-refractivity contribution in [2.24, 2.45) is 0 Å². The van der Waals surface area contributed by atoms with Gasteiger partial charge in [-0.1, -0.05) is 11.8 Å². The third kappa shape index (κ3) is 5.01. The predicted molar refractivity (Wildman–Crippen MR) is 108 cm³/mol. The molecule has 0 aliphatic heterocycles. The predicted octanol–water partition coefficient (Wildman–Crippen LogP) is 3.80. The second-order valence-electron chi connectivity index (χ2n) is 7.14. The molecule has 0 radical (unpaired) electrons. The van der Waals surface area contributed by atoms with E-state index in [9.17, 15) is 4.79 Å². The second-order valence-corrected chi connectivity index (χ2v) is 8.10. The molecule has 142 valence electrons. The lowest BCUT2D eigenvalue weighted by atomic mass is 10.1. The zero-order valence-corrected chi connectivity index (χ0v) is 16.8. The smallest absolute Gasteiger partial charge is 0.230 e. The van der Waals surface area contributed by atoms with E-state index in [2.05, 4.69) is 15.4 Å². The van der Waals surface area contributed by atoms with Crippen LogP contribution in [-0.2, 0) is 4.79 Å². The van der Waals surface area contributed by atoms with Crippen LogP contribution in [0.5, 0.6) is 5.75 Å². The first-order chi connectivity index (χ1) is 12.9. The van der Waals surface area contributed by atoms with Gasteiger partial charge in [0, 0.05) is 23.5 Å². The fourth-order valence-corrected chi connectivity index (χ4v) is 3.40. The standard InChI is InChI=1S/C20H24N4O2S/c1-5-26-15-8-6-14(7-9-15)16-12-17-19(21-10-11-24(17)23-16)27-13-18(25)22-20(2,3)4/h6-12H,5,13H2,1-4H3,(H,22,25). The molecular weight excluding hydrogens is 360 g/mol. The molecule has 0 aliphatic carbocycles. The first-order valence-corrected chi connectivity index (χ1v) is 9.86. The van der Waals surface area contributed by atoms with Gasteiger partial charge in [-0.05, 0) is 58.0 Å². The Morgan fingerprint density at radius 2 is 2.00 bits per heavy atom. The molecule has 0 unspecified atom stereocenters. The lowest BCUT2D eigenvalue weighted by molar-refractivity contribution is -0.119. The second kappa shape index (κ2) is 8.00. The molecule has 0 aliphatic rings. The van der Waals surface area contributed by atoms with E-state index in [0.29, 0.717) is 12.4 Å². The molecule has 27 heavy (non-hydrogen) atoms. The summed E-state index contributed by atoms with van der Waals surface area (Å²) in [6.07, 6.45) is 3.51. The third-order valence-electron chi connectivity index (χ3n) is 3.67. The number of amides is 1. The van der Waals surface area contributed by atoms with Crippen LogP contribution < -0.4 is 10.1 Å². The number of carbonyl (C=O) groups is 1. The normalized spacial score (nSPS) is 11.6. The van der Waals surface area contributed by atoms with Crippen LogP contribution in [0.2, 0.25) is 0 Å². The van der Waals surface area contributed by atoms with Crippen molar-refractivity contribution in [3.8, 4) is 17.0 Å². The van der Waals surface area contributed by atoms with Crippen molar-refractivity contribution < 1.29 is 9.53 Å². The molecule has 1 amide bonds. The highest BCUT2D eigenvalue weighted by Crippen LogP contribution is 2.27. The molecule has 6 nitrogen and oxygen atoms in total. The minimum absolute atomic E-state index is 0.0115. The molecule has 0 bridgehead atoms.